The molecule has 0 aliphatic carbocycles. The number of hydrogen-bond donors (Lipinski definition) is 2. The molecular weight excluding hydrogens is 284 g/mol. The number of rotatable bonds is 7. The minimum absolute atomic E-state index is 0. The molecule has 0 fully saturated rings. The van der Waals surface area contributed by atoms with Gasteiger partial charge in [0, 0.05) is 13.1 Å². The fraction of sp³-hybridized carbons (Fsp3) is 1.00. The molecule has 6 nitrogen and oxygen atoms in total. The summed E-state index contributed by atoms with van der Waals surface area (Å²) in [5.41, 5.74) is 0. The molecule has 114 valence electrons. The Morgan fingerprint density at radius 1 is 0.684 bits per heavy atom. The van der Waals surface area contributed by atoms with Crippen molar-refractivity contribution in [3.8, 4) is 0 Å². The van der Waals surface area contributed by atoms with Crippen molar-refractivity contribution in [1.82, 2.24) is 10.6 Å². The molecule has 0 aromatic heterocycles. The molecule has 0 aliphatic heterocycles. The average Bonchev–Trinajstić information content (AvgIpc) is 2.22. The van der Waals surface area contributed by atoms with Crippen LogP contribution in [0, 0.1) is 0 Å². The van der Waals surface area contributed by atoms with Gasteiger partial charge in [-0.25, -0.2) is 0 Å². The molecular formula is C12H28N2O4Ti. The van der Waals surface area contributed by atoms with E-state index in [1.807, 2.05) is 0 Å². The molecule has 0 rings (SSSR count). The number of nitrogens with one attached hydrogen (secondary N) is 2. The molecule has 0 saturated carbocycles. The van der Waals surface area contributed by atoms with Gasteiger partial charge < -0.3 is 31.1 Å². The Kier molecular flexibility index (Phi) is 39.3. The largest absolute Gasteiger partial charge is 4.00 e. The Labute approximate surface area is 132 Å². The van der Waals surface area contributed by atoms with Crippen LogP contribution in [0.1, 0.15) is 27.7 Å². The molecule has 0 aromatic rings. The maximum atomic E-state index is 9.89. The fourth-order valence-electron chi connectivity index (χ4n) is 0.571. The van der Waals surface area contributed by atoms with Crippen LogP contribution in [0.25, 0.3) is 0 Å². The number of hydrogen-bond acceptors (Lipinski definition) is 6. The summed E-state index contributed by atoms with van der Waals surface area (Å²) in [6.45, 7) is 8.84. The molecule has 0 unspecified atom stereocenters. The van der Waals surface area contributed by atoms with Gasteiger partial charge >= 0.3 is 21.7 Å². The molecule has 7 heteroatoms. The van der Waals surface area contributed by atoms with Crippen LogP contribution in [0.2, 0.25) is 0 Å². The zero-order chi connectivity index (χ0) is 14.8. The topological polar surface area (TPSA) is 116 Å². The van der Waals surface area contributed by atoms with E-state index < -0.39 is 12.2 Å². The van der Waals surface area contributed by atoms with Crippen LogP contribution in [0.3, 0.4) is 0 Å². The Hall–Kier alpha value is 0.474. The van der Waals surface area contributed by atoms with Crippen molar-refractivity contribution in [3.05, 3.63) is 0 Å². The maximum Gasteiger partial charge on any atom is 4.00 e. The second-order valence-electron chi connectivity index (χ2n) is 4.01. The van der Waals surface area contributed by atoms with Crippen LogP contribution in [-0.4, -0.2) is 51.6 Å². The third kappa shape index (κ3) is 89.8. The van der Waals surface area contributed by atoms with Gasteiger partial charge in [-0.05, 0) is 13.1 Å². The van der Waals surface area contributed by atoms with Crippen LogP contribution in [-0.2, 0) is 21.7 Å². The summed E-state index contributed by atoms with van der Waals surface area (Å²) < 4.78 is 0. The van der Waals surface area contributed by atoms with E-state index in [0.29, 0.717) is 13.1 Å². The Morgan fingerprint density at radius 2 is 0.895 bits per heavy atom. The van der Waals surface area contributed by atoms with Crippen LogP contribution >= 0.6 is 0 Å². The quantitative estimate of drug-likeness (QED) is 0.370. The summed E-state index contributed by atoms with van der Waals surface area (Å²) in [6, 6.07) is 0. The van der Waals surface area contributed by atoms with Gasteiger partial charge in [0.1, 0.15) is 0 Å². The summed E-state index contributed by atoms with van der Waals surface area (Å²) in [4.78, 5) is 0. The first-order chi connectivity index (χ1) is 8.38. The monoisotopic (exact) mass is 312 g/mol. The molecule has 0 amide bonds. The molecule has 0 atom stereocenters. The van der Waals surface area contributed by atoms with E-state index in [-0.39, 0.29) is 34.9 Å². The van der Waals surface area contributed by atoms with Gasteiger partial charge in [-0.1, -0.05) is 27.7 Å². The zero-order valence-corrected chi connectivity index (χ0v) is 14.1. The fourth-order valence-corrected chi connectivity index (χ4v) is 0.571. The van der Waals surface area contributed by atoms with Gasteiger partial charge in [-0.3, -0.25) is 0 Å². The average molecular weight is 312 g/mol. The van der Waals surface area contributed by atoms with Gasteiger partial charge in [-0.2, -0.15) is 0 Å². The van der Waals surface area contributed by atoms with Crippen LogP contribution in [0.15, 0.2) is 0 Å². The van der Waals surface area contributed by atoms with E-state index in [1.54, 1.807) is 27.7 Å². The molecule has 0 heterocycles. The first-order valence-corrected chi connectivity index (χ1v) is 6.27. The van der Waals surface area contributed by atoms with Crippen LogP contribution in [0.5, 0.6) is 0 Å². The van der Waals surface area contributed by atoms with Crippen molar-refractivity contribution in [2.45, 2.75) is 39.9 Å². The van der Waals surface area contributed by atoms with E-state index in [9.17, 15) is 20.4 Å². The van der Waals surface area contributed by atoms with Crippen molar-refractivity contribution in [2.75, 3.05) is 39.4 Å². The Balaban J connectivity index is -0.000000105. The smallest absolute Gasteiger partial charge is 0.854 e. The first kappa shape index (κ1) is 27.8. The summed E-state index contributed by atoms with van der Waals surface area (Å²) in [6.07, 6.45) is -0.833. The van der Waals surface area contributed by atoms with E-state index in [2.05, 4.69) is 10.6 Å². The van der Waals surface area contributed by atoms with Crippen LogP contribution < -0.4 is 31.1 Å². The Bertz CT molecular complexity index is 111. The second-order valence-corrected chi connectivity index (χ2v) is 4.01. The summed E-state index contributed by atoms with van der Waals surface area (Å²) in [7, 11) is 0. The second kappa shape index (κ2) is 26.9. The van der Waals surface area contributed by atoms with Crippen molar-refractivity contribution in [1.29, 1.82) is 0 Å². The van der Waals surface area contributed by atoms with E-state index in [1.165, 1.54) is 0 Å². The standard InChI is InChI=1S/C6H14N2O2.2C3H7O.Ti/c9-5-3-7-1-2-8-4-6-10;2*1-3(2)4;/h7-8H,1-6H2;2*3H,1-2H3;/q-2;2*-1;+4. The Morgan fingerprint density at radius 3 is 1.05 bits per heavy atom. The molecule has 0 aromatic carbocycles. The summed E-state index contributed by atoms with van der Waals surface area (Å²) in [5.74, 6) is 0. The predicted molar refractivity (Wildman–Crippen MR) is 65.7 cm³/mol. The van der Waals surface area contributed by atoms with Crippen molar-refractivity contribution in [2.24, 2.45) is 0 Å². The third-order valence-electron chi connectivity index (χ3n) is 1.04. The third-order valence-corrected chi connectivity index (χ3v) is 1.04. The van der Waals surface area contributed by atoms with Crippen LogP contribution in [0.4, 0.5) is 0 Å². The molecule has 0 saturated heterocycles. The molecule has 0 aliphatic rings. The zero-order valence-electron chi connectivity index (χ0n) is 12.5. The minimum atomic E-state index is -0.417. The van der Waals surface area contributed by atoms with E-state index in [4.69, 9.17) is 0 Å². The molecule has 2 N–H and O–H groups in total. The van der Waals surface area contributed by atoms with Crippen molar-refractivity contribution in [3.63, 3.8) is 0 Å². The van der Waals surface area contributed by atoms with E-state index >= 15 is 0 Å². The predicted octanol–water partition coefficient (Wildman–Crippen LogP) is -3.61. The van der Waals surface area contributed by atoms with Gasteiger partial charge in [0.05, 0.1) is 0 Å². The first-order valence-electron chi connectivity index (χ1n) is 6.27. The SMILES string of the molecule is CC(C)[O-].CC(C)[O-].[O-]CCNCCNCC[O-].[Ti+4]. The minimum Gasteiger partial charge on any atom is -0.854 e. The molecule has 0 spiro atoms. The summed E-state index contributed by atoms with van der Waals surface area (Å²) in [5, 5.41) is 44.7. The van der Waals surface area contributed by atoms with Crippen molar-refractivity contribution < 1.29 is 42.1 Å². The summed E-state index contributed by atoms with van der Waals surface area (Å²) >= 11 is 0. The molecule has 0 radical (unpaired) electrons. The van der Waals surface area contributed by atoms with E-state index in [0.717, 1.165) is 13.1 Å². The van der Waals surface area contributed by atoms with Gasteiger partial charge in [-0.15, -0.1) is 25.4 Å². The van der Waals surface area contributed by atoms with Gasteiger partial charge in [0.25, 0.3) is 0 Å². The van der Waals surface area contributed by atoms with Crippen molar-refractivity contribution >= 4 is 0 Å². The maximum absolute atomic E-state index is 9.89. The molecule has 0 bridgehead atoms. The normalized spacial score (nSPS) is 9.16. The van der Waals surface area contributed by atoms with Gasteiger partial charge in [0.2, 0.25) is 0 Å². The van der Waals surface area contributed by atoms with Gasteiger partial charge in [0.15, 0.2) is 0 Å². The molecule has 19 heavy (non-hydrogen) atoms.